The van der Waals surface area contributed by atoms with Crippen LogP contribution >= 0.6 is 0 Å². The first-order chi connectivity index (χ1) is 13.1. The number of rotatable bonds is 6. The third kappa shape index (κ3) is 4.74. The zero-order valence-electron chi connectivity index (χ0n) is 15.4. The zero-order chi connectivity index (χ0) is 19.2. The third-order valence-electron chi connectivity index (χ3n) is 5.14. The van der Waals surface area contributed by atoms with E-state index >= 15 is 0 Å². The minimum atomic E-state index is -0.361. The van der Waals surface area contributed by atoms with E-state index in [1.54, 1.807) is 4.90 Å². The molecule has 0 radical (unpaired) electrons. The summed E-state index contributed by atoms with van der Waals surface area (Å²) < 4.78 is 0. The van der Waals surface area contributed by atoms with Crippen LogP contribution in [0.3, 0.4) is 0 Å². The van der Waals surface area contributed by atoms with Crippen LogP contribution < -0.4 is 5.73 Å². The Morgan fingerprint density at radius 3 is 2.22 bits per heavy atom. The van der Waals surface area contributed by atoms with Crippen molar-refractivity contribution in [2.45, 2.75) is 38.1 Å². The van der Waals surface area contributed by atoms with Gasteiger partial charge in [-0.1, -0.05) is 36.4 Å². The quantitative estimate of drug-likeness (QED) is 0.824. The van der Waals surface area contributed by atoms with Gasteiger partial charge in [-0.05, 0) is 54.5 Å². The first-order valence-electron chi connectivity index (χ1n) is 9.48. The van der Waals surface area contributed by atoms with Gasteiger partial charge < -0.3 is 15.7 Å². The van der Waals surface area contributed by atoms with Crippen molar-refractivity contribution in [3.63, 3.8) is 0 Å². The molecule has 0 aliphatic carbocycles. The fourth-order valence-electron chi connectivity index (χ4n) is 3.68. The average Bonchev–Trinajstić information content (AvgIpc) is 2.68. The molecule has 0 spiro atoms. The fourth-order valence-corrected chi connectivity index (χ4v) is 3.68. The summed E-state index contributed by atoms with van der Waals surface area (Å²) in [7, 11) is 0. The minimum absolute atomic E-state index is 0.0363. The van der Waals surface area contributed by atoms with E-state index in [2.05, 4.69) is 0 Å². The summed E-state index contributed by atoms with van der Waals surface area (Å²) in [5.74, 6) is -0.398. The third-order valence-corrected chi connectivity index (χ3v) is 5.14. The number of amides is 2. The van der Waals surface area contributed by atoms with E-state index in [1.165, 1.54) is 0 Å². The molecule has 5 heteroatoms. The van der Waals surface area contributed by atoms with Gasteiger partial charge in [-0.3, -0.25) is 9.59 Å². The van der Waals surface area contributed by atoms with Crippen molar-refractivity contribution >= 4 is 11.8 Å². The van der Waals surface area contributed by atoms with Crippen LogP contribution in [-0.2, 0) is 11.2 Å². The van der Waals surface area contributed by atoms with E-state index < -0.39 is 0 Å². The molecule has 27 heavy (non-hydrogen) atoms. The van der Waals surface area contributed by atoms with Gasteiger partial charge in [0.1, 0.15) is 0 Å². The van der Waals surface area contributed by atoms with Gasteiger partial charge in [-0.15, -0.1) is 0 Å². The first kappa shape index (κ1) is 19.1. The van der Waals surface area contributed by atoms with Crippen LogP contribution in [0.5, 0.6) is 0 Å². The molecular weight excluding hydrogens is 340 g/mol. The van der Waals surface area contributed by atoms with Crippen molar-refractivity contribution in [2.75, 3.05) is 13.2 Å². The van der Waals surface area contributed by atoms with Gasteiger partial charge in [0.05, 0.1) is 0 Å². The molecule has 3 rings (SSSR count). The summed E-state index contributed by atoms with van der Waals surface area (Å²) in [6.07, 6.45) is 3.68. The van der Waals surface area contributed by atoms with Gasteiger partial charge in [0.15, 0.2) is 0 Å². The second-order valence-electron chi connectivity index (χ2n) is 7.07. The van der Waals surface area contributed by atoms with Crippen molar-refractivity contribution in [3.8, 4) is 11.1 Å². The molecule has 2 aromatic carbocycles. The van der Waals surface area contributed by atoms with Crippen molar-refractivity contribution in [1.82, 2.24) is 4.90 Å². The molecule has 0 bridgehead atoms. The maximum atomic E-state index is 12.9. The maximum absolute atomic E-state index is 12.9. The molecule has 0 aromatic heterocycles. The second kappa shape index (κ2) is 8.82. The molecule has 0 unspecified atom stereocenters. The highest BCUT2D eigenvalue weighted by atomic mass is 16.3. The number of benzene rings is 2. The van der Waals surface area contributed by atoms with Gasteiger partial charge >= 0.3 is 0 Å². The average molecular weight is 366 g/mol. The Morgan fingerprint density at radius 1 is 1.00 bits per heavy atom. The van der Waals surface area contributed by atoms with Crippen molar-refractivity contribution < 1.29 is 14.7 Å². The van der Waals surface area contributed by atoms with Crippen LogP contribution in [-0.4, -0.2) is 41.0 Å². The van der Waals surface area contributed by atoms with Gasteiger partial charge in [0.2, 0.25) is 5.91 Å². The molecule has 1 aliphatic heterocycles. The molecule has 1 saturated heterocycles. The Balaban J connectivity index is 1.73. The van der Waals surface area contributed by atoms with E-state index in [1.807, 2.05) is 48.5 Å². The SMILES string of the molecule is NC(=O)C[C@H]1CCCCN1C(=O)c1ccc(-c2ccc(CCO)cc2)cc1. The standard InChI is InChI=1S/C22H26N2O3/c23-21(26)15-20-3-1-2-13-24(20)22(27)19-10-8-18(9-11-19)17-6-4-16(5-7-17)12-14-25/h4-11,20,25H,1-3,12-15H2,(H2,23,26)/t20-/m1/s1. The molecular formula is C22H26N2O3. The summed E-state index contributed by atoms with van der Waals surface area (Å²) in [6.45, 7) is 0.814. The van der Waals surface area contributed by atoms with E-state index in [-0.39, 0.29) is 30.9 Å². The van der Waals surface area contributed by atoms with Crippen LogP contribution in [0.15, 0.2) is 48.5 Å². The maximum Gasteiger partial charge on any atom is 0.254 e. The normalized spacial score (nSPS) is 16.9. The summed E-state index contributed by atoms with van der Waals surface area (Å²) in [4.78, 5) is 26.0. The first-order valence-corrected chi connectivity index (χ1v) is 9.48. The fraction of sp³-hybridized carbons (Fsp3) is 0.364. The topological polar surface area (TPSA) is 83.6 Å². The zero-order valence-corrected chi connectivity index (χ0v) is 15.4. The number of nitrogens with zero attached hydrogens (tertiary/aromatic N) is 1. The van der Waals surface area contributed by atoms with Crippen LogP contribution in [0.1, 0.15) is 41.6 Å². The number of piperidine rings is 1. The Bertz CT molecular complexity index is 784. The lowest BCUT2D eigenvalue weighted by atomic mass is 9.97. The molecule has 1 aliphatic rings. The monoisotopic (exact) mass is 366 g/mol. The van der Waals surface area contributed by atoms with Gasteiger partial charge in [-0.2, -0.15) is 0 Å². The predicted octanol–water partition coefficient (Wildman–Crippen LogP) is 2.76. The molecule has 3 N–H and O–H groups in total. The van der Waals surface area contributed by atoms with Crippen LogP contribution in [0.25, 0.3) is 11.1 Å². The lowest BCUT2D eigenvalue weighted by Gasteiger charge is -2.35. The van der Waals surface area contributed by atoms with Crippen LogP contribution in [0.2, 0.25) is 0 Å². The van der Waals surface area contributed by atoms with Crippen LogP contribution in [0.4, 0.5) is 0 Å². The summed E-state index contributed by atoms with van der Waals surface area (Å²) in [5.41, 5.74) is 9.18. The van der Waals surface area contributed by atoms with Crippen LogP contribution in [0, 0.1) is 0 Å². The molecule has 0 saturated carbocycles. The van der Waals surface area contributed by atoms with E-state index in [4.69, 9.17) is 10.8 Å². The largest absolute Gasteiger partial charge is 0.396 e. The van der Waals surface area contributed by atoms with Crippen molar-refractivity contribution in [1.29, 1.82) is 0 Å². The Kier molecular flexibility index (Phi) is 6.24. The Labute approximate surface area is 159 Å². The molecule has 2 amide bonds. The number of likely N-dealkylation sites (tertiary alicyclic amines) is 1. The highest BCUT2D eigenvalue weighted by Crippen LogP contribution is 2.24. The minimum Gasteiger partial charge on any atom is -0.396 e. The smallest absolute Gasteiger partial charge is 0.254 e. The van der Waals surface area contributed by atoms with E-state index in [0.29, 0.717) is 18.5 Å². The molecule has 2 aromatic rings. The summed E-state index contributed by atoms with van der Waals surface area (Å²) in [5, 5.41) is 9.00. The van der Waals surface area contributed by atoms with Crippen molar-refractivity contribution in [2.24, 2.45) is 5.73 Å². The number of nitrogens with two attached hydrogens (primary N) is 1. The molecule has 1 atom stereocenters. The highest BCUT2D eigenvalue weighted by Gasteiger charge is 2.28. The lowest BCUT2D eigenvalue weighted by molar-refractivity contribution is -0.119. The molecule has 5 nitrogen and oxygen atoms in total. The number of hydrogen-bond donors (Lipinski definition) is 2. The molecule has 1 heterocycles. The Morgan fingerprint density at radius 2 is 1.63 bits per heavy atom. The number of aliphatic hydroxyl groups excluding tert-OH is 1. The van der Waals surface area contributed by atoms with Crippen molar-refractivity contribution in [3.05, 3.63) is 59.7 Å². The summed E-state index contributed by atoms with van der Waals surface area (Å²) in [6, 6.07) is 15.5. The molecule has 142 valence electrons. The number of carbonyl (C=O) groups is 2. The van der Waals surface area contributed by atoms with Gasteiger partial charge in [0, 0.05) is 31.2 Å². The Hall–Kier alpha value is -2.66. The van der Waals surface area contributed by atoms with E-state index in [9.17, 15) is 9.59 Å². The van der Waals surface area contributed by atoms with E-state index in [0.717, 1.165) is 36.0 Å². The number of hydrogen-bond acceptors (Lipinski definition) is 3. The molecule has 1 fully saturated rings. The van der Waals surface area contributed by atoms with Gasteiger partial charge in [0.25, 0.3) is 5.91 Å². The second-order valence-corrected chi connectivity index (χ2v) is 7.07. The lowest BCUT2D eigenvalue weighted by Crippen LogP contribution is -2.45. The number of primary amides is 1. The highest BCUT2D eigenvalue weighted by molar-refractivity contribution is 5.95. The summed E-state index contributed by atoms with van der Waals surface area (Å²) >= 11 is 0. The van der Waals surface area contributed by atoms with Gasteiger partial charge in [-0.25, -0.2) is 0 Å². The number of aliphatic hydroxyl groups is 1. The number of carbonyl (C=O) groups excluding carboxylic acids is 2. The predicted molar refractivity (Wildman–Crippen MR) is 105 cm³/mol.